The third-order valence-corrected chi connectivity index (χ3v) is 4.45. The molecule has 1 aromatic carbocycles. The van der Waals surface area contributed by atoms with E-state index < -0.39 is 0 Å². The highest BCUT2D eigenvalue weighted by atomic mass is 16.5. The summed E-state index contributed by atoms with van der Waals surface area (Å²) < 4.78 is 5.91. The Bertz CT molecular complexity index is 440. The molecule has 1 aliphatic heterocycles. The van der Waals surface area contributed by atoms with Crippen LogP contribution >= 0.6 is 0 Å². The van der Waals surface area contributed by atoms with Gasteiger partial charge in [0, 0.05) is 12.3 Å². The molecule has 0 amide bonds. The van der Waals surface area contributed by atoms with Crippen molar-refractivity contribution in [3.05, 3.63) is 47.7 Å². The smallest absolute Gasteiger partial charge is 0.110 e. The largest absolute Gasteiger partial charge is 0.496 e. The first-order chi connectivity index (χ1) is 10.3. The molecule has 1 heterocycles. The zero-order valence-corrected chi connectivity index (χ0v) is 13.6. The number of benzene rings is 1. The summed E-state index contributed by atoms with van der Waals surface area (Å²) in [4.78, 5) is 0. The maximum absolute atomic E-state index is 5.91. The summed E-state index contributed by atoms with van der Waals surface area (Å²) in [6, 6.07) is 11.2. The molecule has 0 spiro atoms. The maximum atomic E-state index is 5.91. The molecule has 116 valence electrons. The van der Waals surface area contributed by atoms with Gasteiger partial charge in [-0.2, -0.15) is 0 Å². The average Bonchev–Trinajstić information content (AvgIpc) is 3.05. The van der Waals surface area contributed by atoms with Gasteiger partial charge in [-0.25, -0.2) is 0 Å². The Balaban J connectivity index is 2.29. The summed E-state index contributed by atoms with van der Waals surface area (Å²) >= 11 is 0. The van der Waals surface area contributed by atoms with Crippen LogP contribution in [0.5, 0.6) is 0 Å². The Kier molecular flexibility index (Phi) is 6.31. The first-order valence-electron chi connectivity index (χ1n) is 8.39. The monoisotopic (exact) mass is 287 g/mol. The van der Waals surface area contributed by atoms with Crippen LogP contribution in [0.3, 0.4) is 0 Å². The molecule has 3 unspecified atom stereocenters. The van der Waals surface area contributed by atoms with Crippen molar-refractivity contribution in [3.63, 3.8) is 0 Å². The predicted molar refractivity (Wildman–Crippen MR) is 89.4 cm³/mol. The van der Waals surface area contributed by atoms with Gasteiger partial charge in [0.2, 0.25) is 0 Å². The van der Waals surface area contributed by atoms with E-state index in [1.165, 1.54) is 12.0 Å². The van der Waals surface area contributed by atoms with Crippen LogP contribution in [0.4, 0.5) is 0 Å². The lowest BCUT2D eigenvalue weighted by molar-refractivity contribution is 0.193. The Morgan fingerprint density at radius 2 is 1.95 bits per heavy atom. The van der Waals surface area contributed by atoms with Crippen molar-refractivity contribution in [2.24, 2.45) is 5.92 Å². The van der Waals surface area contributed by atoms with E-state index in [9.17, 15) is 0 Å². The average molecular weight is 287 g/mol. The molecular formula is C19H29NO. The second kappa shape index (κ2) is 8.23. The van der Waals surface area contributed by atoms with Gasteiger partial charge in [-0.05, 0) is 30.5 Å². The minimum atomic E-state index is 0.296. The van der Waals surface area contributed by atoms with Crippen LogP contribution in [0.15, 0.2) is 42.2 Å². The lowest BCUT2D eigenvalue weighted by Crippen LogP contribution is -2.40. The fourth-order valence-corrected chi connectivity index (χ4v) is 3.14. The van der Waals surface area contributed by atoms with Crippen LogP contribution in [0.1, 0.15) is 51.5 Å². The minimum Gasteiger partial charge on any atom is -0.496 e. The maximum Gasteiger partial charge on any atom is 0.110 e. The summed E-state index contributed by atoms with van der Waals surface area (Å²) in [5, 5.41) is 3.73. The molecule has 0 bridgehead atoms. The highest BCUT2D eigenvalue weighted by Gasteiger charge is 2.31. The molecule has 0 saturated heterocycles. The molecule has 1 aromatic rings. The zero-order chi connectivity index (χ0) is 15.1. The van der Waals surface area contributed by atoms with E-state index in [2.05, 4.69) is 62.5 Å². The highest BCUT2D eigenvalue weighted by molar-refractivity contribution is 5.26. The lowest BCUT2D eigenvalue weighted by atomic mass is 9.79. The van der Waals surface area contributed by atoms with Gasteiger partial charge in [-0.1, -0.05) is 57.5 Å². The number of nitrogens with one attached hydrogen (secondary N) is 1. The molecule has 0 aliphatic carbocycles. The van der Waals surface area contributed by atoms with Crippen molar-refractivity contribution in [2.45, 2.75) is 52.0 Å². The lowest BCUT2D eigenvalue weighted by Gasteiger charge is -2.33. The summed E-state index contributed by atoms with van der Waals surface area (Å²) in [6.07, 6.45) is 5.64. The van der Waals surface area contributed by atoms with Gasteiger partial charge in [0.05, 0.1) is 12.6 Å². The van der Waals surface area contributed by atoms with E-state index in [0.717, 1.165) is 31.8 Å². The van der Waals surface area contributed by atoms with Crippen molar-refractivity contribution < 1.29 is 4.74 Å². The van der Waals surface area contributed by atoms with Crippen LogP contribution in [0.25, 0.3) is 0 Å². The van der Waals surface area contributed by atoms with E-state index in [-0.39, 0.29) is 0 Å². The molecule has 2 heteroatoms. The van der Waals surface area contributed by atoms with Gasteiger partial charge in [-0.3, -0.25) is 0 Å². The van der Waals surface area contributed by atoms with Crippen molar-refractivity contribution in [2.75, 3.05) is 13.2 Å². The summed E-state index contributed by atoms with van der Waals surface area (Å²) in [5.41, 5.74) is 1.41. The second-order valence-electron chi connectivity index (χ2n) is 6.00. The third kappa shape index (κ3) is 4.10. The first kappa shape index (κ1) is 16.1. The van der Waals surface area contributed by atoms with Gasteiger partial charge in [0.1, 0.15) is 5.76 Å². The second-order valence-corrected chi connectivity index (χ2v) is 6.00. The van der Waals surface area contributed by atoms with Crippen LogP contribution in [0, 0.1) is 5.92 Å². The Hall–Kier alpha value is -1.28. The van der Waals surface area contributed by atoms with E-state index in [1.807, 2.05) is 0 Å². The van der Waals surface area contributed by atoms with Gasteiger partial charge >= 0.3 is 0 Å². The number of ether oxygens (including phenoxy) is 1. The van der Waals surface area contributed by atoms with E-state index in [0.29, 0.717) is 17.9 Å². The van der Waals surface area contributed by atoms with Crippen molar-refractivity contribution in [1.29, 1.82) is 0 Å². The fourth-order valence-electron chi connectivity index (χ4n) is 3.14. The summed E-state index contributed by atoms with van der Waals surface area (Å²) in [7, 11) is 0. The topological polar surface area (TPSA) is 21.3 Å². The van der Waals surface area contributed by atoms with Crippen LogP contribution in [-0.2, 0) is 4.74 Å². The standard InChI is InChI=1S/C19H29NO/c1-4-13-20-19(17-12-9-14-21-17)18(15(3)5-2)16-10-7-6-8-11-16/h6-8,10-12,15,18-20H,4-5,9,13-14H2,1-3H3. The van der Waals surface area contributed by atoms with Crippen molar-refractivity contribution >= 4 is 0 Å². The predicted octanol–water partition coefficient (Wildman–Crippen LogP) is 4.49. The van der Waals surface area contributed by atoms with Gasteiger partial charge in [0.15, 0.2) is 0 Å². The van der Waals surface area contributed by atoms with Gasteiger partial charge < -0.3 is 10.1 Å². The first-order valence-corrected chi connectivity index (χ1v) is 8.39. The molecule has 21 heavy (non-hydrogen) atoms. The number of hydrogen-bond acceptors (Lipinski definition) is 2. The molecule has 0 saturated carbocycles. The zero-order valence-electron chi connectivity index (χ0n) is 13.6. The Labute approximate surface area is 129 Å². The van der Waals surface area contributed by atoms with Crippen LogP contribution < -0.4 is 5.32 Å². The number of rotatable bonds is 8. The molecule has 0 radical (unpaired) electrons. The molecule has 3 atom stereocenters. The Morgan fingerprint density at radius 1 is 1.19 bits per heavy atom. The summed E-state index contributed by atoms with van der Waals surface area (Å²) in [5.74, 6) is 2.23. The quantitative estimate of drug-likeness (QED) is 0.760. The van der Waals surface area contributed by atoms with Crippen LogP contribution in [-0.4, -0.2) is 19.2 Å². The van der Waals surface area contributed by atoms with Gasteiger partial charge in [0.25, 0.3) is 0 Å². The van der Waals surface area contributed by atoms with Crippen molar-refractivity contribution in [3.8, 4) is 0 Å². The summed E-state index contributed by atoms with van der Waals surface area (Å²) in [6.45, 7) is 8.72. The molecule has 2 nitrogen and oxygen atoms in total. The van der Waals surface area contributed by atoms with E-state index in [4.69, 9.17) is 4.74 Å². The van der Waals surface area contributed by atoms with Crippen molar-refractivity contribution in [1.82, 2.24) is 5.32 Å². The molecular weight excluding hydrogens is 258 g/mol. The normalized spacial score (nSPS) is 18.7. The minimum absolute atomic E-state index is 0.296. The molecule has 1 N–H and O–H groups in total. The molecule has 2 rings (SSSR count). The number of hydrogen-bond donors (Lipinski definition) is 1. The van der Waals surface area contributed by atoms with E-state index >= 15 is 0 Å². The van der Waals surface area contributed by atoms with E-state index in [1.54, 1.807) is 0 Å². The van der Waals surface area contributed by atoms with Gasteiger partial charge in [-0.15, -0.1) is 0 Å². The fraction of sp³-hybridized carbons (Fsp3) is 0.579. The van der Waals surface area contributed by atoms with Crippen LogP contribution in [0.2, 0.25) is 0 Å². The molecule has 0 fully saturated rings. The Morgan fingerprint density at radius 3 is 2.52 bits per heavy atom. The molecule has 0 aromatic heterocycles. The SMILES string of the molecule is CCCNC(C1=CCCO1)C(c1ccccc1)C(C)CC. The highest BCUT2D eigenvalue weighted by Crippen LogP contribution is 2.34. The molecule has 1 aliphatic rings. The third-order valence-electron chi connectivity index (χ3n) is 4.45.